The minimum Gasteiger partial charge on any atom is -0.495 e. The average molecular weight is 261 g/mol. The van der Waals surface area contributed by atoms with Gasteiger partial charge in [-0.2, -0.15) is 5.10 Å². The second-order valence-corrected chi connectivity index (χ2v) is 4.47. The molecule has 19 heavy (non-hydrogen) atoms. The van der Waals surface area contributed by atoms with E-state index in [1.807, 2.05) is 31.6 Å². The van der Waals surface area contributed by atoms with Crippen molar-refractivity contribution < 1.29 is 4.74 Å². The van der Waals surface area contributed by atoms with Crippen molar-refractivity contribution in [2.45, 2.75) is 19.9 Å². The fourth-order valence-corrected chi connectivity index (χ4v) is 2.26. The van der Waals surface area contributed by atoms with Crippen LogP contribution in [0.1, 0.15) is 28.6 Å². The molecule has 0 fully saturated rings. The fourth-order valence-electron chi connectivity index (χ4n) is 2.26. The summed E-state index contributed by atoms with van der Waals surface area (Å²) in [5.41, 5.74) is 6.87. The maximum absolute atomic E-state index is 5.72. The van der Waals surface area contributed by atoms with Gasteiger partial charge in [-0.05, 0) is 25.5 Å². The molecule has 2 aromatic heterocycles. The van der Waals surface area contributed by atoms with Crippen LogP contribution < -0.4 is 16.0 Å². The van der Waals surface area contributed by atoms with Gasteiger partial charge in [-0.15, -0.1) is 0 Å². The first kappa shape index (κ1) is 13.5. The lowest BCUT2D eigenvalue weighted by Gasteiger charge is -2.17. The van der Waals surface area contributed by atoms with Gasteiger partial charge in [-0.25, -0.2) is 5.43 Å². The average Bonchev–Trinajstić information content (AvgIpc) is 2.66. The second kappa shape index (κ2) is 5.38. The highest BCUT2D eigenvalue weighted by atomic mass is 16.5. The molecule has 0 aliphatic rings. The first-order valence-electron chi connectivity index (χ1n) is 6.03. The number of methoxy groups -OCH3 is 1. The molecule has 0 spiro atoms. The summed E-state index contributed by atoms with van der Waals surface area (Å²) in [5.74, 6) is 6.43. The van der Waals surface area contributed by atoms with E-state index in [9.17, 15) is 0 Å². The summed E-state index contributed by atoms with van der Waals surface area (Å²) in [5, 5.41) is 4.42. The minimum atomic E-state index is -0.156. The first-order valence-corrected chi connectivity index (χ1v) is 6.03. The maximum atomic E-state index is 5.72. The van der Waals surface area contributed by atoms with E-state index in [1.165, 1.54) is 0 Å². The molecule has 0 aliphatic carbocycles. The highest BCUT2D eigenvalue weighted by Crippen LogP contribution is 2.28. The van der Waals surface area contributed by atoms with Crippen LogP contribution >= 0.6 is 0 Å². The molecule has 0 bridgehead atoms. The molecule has 6 heteroatoms. The number of hydrogen-bond acceptors (Lipinski definition) is 5. The van der Waals surface area contributed by atoms with Gasteiger partial charge in [0.1, 0.15) is 5.75 Å². The predicted molar refractivity (Wildman–Crippen MR) is 72.6 cm³/mol. The largest absolute Gasteiger partial charge is 0.495 e. The highest BCUT2D eigenvalue weighted by Gasteiger charge is 2.21. The molecule has 1 unspecified atom stereocenters. The smallest absolute Gasteiger partial charge is 0.137 e. The van der Waals surface area contributed by atoms with Crippen molar-refractivity contribution in [1.82, 2.24) is 20.2 Å². The van der Waals surface area contributed by atoms with Gasteiger partial charge in [0.25, 0.3) is 0 Å². The molecule has 0 aliphatic heterocycles. The summed E-state index contributed by atoms with van der Waals surface area (Å²) >= 11 is 0. The number of aromatic nitrogens is 3. The van der Waals surface area contributed by atoms with Crippen LogP contribution in [-0.4, -0.2) is 21.9 Å². The Morgan fingerprint density at radius 2 is 2.11 bits per heavy atom. The molecule has 2 aromatic rings. The van der Waals surface area contributed by atoms with Crippen LogP contribution in [0.5, 0.6) is 5.75 Å². The molecule has 3 N–H and O–H groups in total. The van der Waals surface area contributed by atoms with Crippen molar-refractivity contribution in [2.75, 3.05) is 7.11 Å². The number of ether oxygens (including phenoxy) is 1. The molecule has 2 rings (SSSR count). The normalized spacial score (nSPS) is 12.5. The highest BCUT2D eigenvalue weighted by molar-refractivity contribution is 5.38. The third-order valence-corrected chi connectivity index (χ3v) is 3.32. The third kappa shape index (κ3) is 2.45. The summed E-state index contributed by atoms with van der Waals surface area (Å²) in [6, 6.07) is 1.76. The Kier molecular flexibility index (Phi) is 3.82. The Bertz CT molecular complexity index is 578. The lowest BCUT2D eigenvalue weighted by molar-refractivity contribution is 0.411. The van der Waals surface area contributed by atoms with Crippen molar-refractivity contribution in [3.05, 3.63) is 41.0 Å². The third-order valence-electron chi connectivity index (χ3n) is 3.32. The zero-order chi connectivity index (χ0) is 14.0. The van der Waals surface area contributed by atoms with E-state index in [-0.39, 0.29) is 6.04 Å². The number of rotatable bonds is 4. The van der Waals surface area contributed by atoms with Crippen molar-refractivity contribution >= 4 is 0 Å². The van der Waals surface area contributed by atoms with Gasteiger partial charge >= 0.3 is 0 Å². The summed E-state index contributed by atoms with van der Waals surface area (Å²) in [6.45, 7) is 3.99. The summed E-state index contributed by atoms with van der Waals surface area (Å²) in [7, 11) is 3.54. The second-order valence-electron chi connectivity index (χ2n) is 4.47. The van der Waals surface area contributed by atoms with E-state index in [0.29, 0.717) is 5.75 Å². The number of hydrogen-bond donors (Lipinski definition) is 2. The lowest BCUT2D eigenvalue weighted by atomic mass is 9.99. The summed E-state index contributed by atoms with van der Waals surface area (Å²) in [4.78, 5) is 4.17. The number of pyridine rings is 1. The van der Waals surface area contributed by atoms with Crippen LogP contribution in [-0.2, 0) is 7.05 Å². The molecule has 0 saturated carbocycles. The molecular weight excluding hydrogens is 242 g/mol. The summed E-state index contributed by atoms with van der Waals surface area (Å²) in [6.07, 6.45) is 3.44. The Balaban J connectivity index is 2.49. The Morgan fingerprint density at radius 1 is 1.37 bits per heavy atom. The van der Waals surface area contributed by atoms with E-state index < -0.39 is 0 Å². The zero-order valence-corrected chi connectivity index (χ0v) is 11.6. The van der Waals surface area contributed by atoms with Gasteiger partial charge in [0, 0.05) is 24.5 Å². The summed E-state index contributed by atoms with van der Waals surface area (Å²) < 4.78 is 7.05. The van der Waals surface area contributed by atoms with Crippen molar-refractivity contribution in [1.29, 1.82) is 0 Å². The standard InChI is InChI=1S/C13H19N5O/c1-8-12(9(2)18(3)17-8)13(16-14)10-5-11(19-4)7-15-6-10/h5-7,13,16H,14H2,1-4H3. The Morgan fingerprint density at radius 3 is 2.63 bits per heavy atom. The topological polar surface area (TPSA) is 78.0 Å². The van der Waals surface area contributed by atoms with Gasteiger partial charge in [0.2, 0.25) is 0 Å². The van der Waals surface area contributed by atoms with Gasteiger partial charge in [0.15, 0.2) is 0 Å². The van der Waals surface area contributed by atoms with Crippen LogP contribution in [0, 0.1) is 13.8 Å². The quantitative estimate of drug-likeness (QED) is 0.634. The van der Waals surface area contributed by atoms with Gasteiger partial charge < -0.3 is 4.74 Å². The Hall–Kier alpha value is -1.92. The van der Waals surface area contributed by atoms with Gasteiger partial charge in [-0.1, -0.05) is 0 Å². The van der Waals surface area contributed by atoms with Crippen LogP contribution in [0.2, 0.25) is 0 Å². The maximum Gasteiger partial charge on any atom is 0.137 e. The number of nitrogens with one attached hydrogen (secondary N) is 1. The molecular formula is C13H19N5O. The molecule has 6 nitrogen and oxygen atoms in total. The monoisotopic (exact) mass is 261 g/mol. The van der Waals surface area contributed by atoms with Crippen molar-refractivity contribution in [3.63, 3.8) is 0 Å². The fraction of sp³-hybridized carbons (Fsp3) is 0.385. The molecule has 1 atom stereocenters. The lowest BCUT2D eigenvalue weighted by Crippen LogP contribution is -2.29. The van der Waals surface area contributed by atoms with E-state index >= 15 is 0 Å². The number of nitrogens with zero attached hydrogens (tertiary/aromatic N) is 3. The van der Waals surface area contributed by atoms with E-state index in [4.69, 9.17) is 10.6 Å². The molecule has 0 aromatic carbocycles. The molecule has 102 valence electrons. The first-order chi connectivity index (χ1) is 9.08. The van der Waals surface area contributed by atoms with E-state index in [0.717, 1.165) is 22.5 Å². The van der Waals surface area contributed by atoms with Crippen molar-refractivity contribution in [3.8, 4) is 5.75 Å². The number of aryl methyl sites for hydroxylation is 2. The molecule has 2 heterocycles. The van der Waals surface area contributed by atoms with Crippen LogP contribution in [0.15, 0.2) is 18.5 Å². The SMILES string of the molecule is COc1cncc(C(NN)c2c(C)nn(C)c2C)c1. The van der Waals surface area contributed by atoms with E-state index in [1.54, 1.807) is 19.5 Å². The van der Waals surface area contributed by atoms with Crippen LogP contribution in [0.4, 0.5) is 0 Å². The molecule has 0 radical (unpaired) electrons. The van der Waals surface area contributed by atoms with E-state index in [2.05, 4.69) is 15.5 Å². The molecule has 0 saturated heterocycles. The van der Waals surface area contributed by atoms with Gasteiger partial charge in [0.05, 0.1) is 25.0 Å². The zero-order valence-electron chi connectivity index (χ0n) is 11.6. The van der Waals surface area contributed by atoms with Crippen molar-refractivity contribution in [2.24, 2.45) is 12.9 Å². The number of hydrazine groups is 1. The van der Waals surface area contributed by atoms with Gasteiger partial charge in [-0.3, -0.25) is 15.5 Å². The van der Waals surface area contributed by atoms with Crippen LogP contribution in [0.25, 0.3) is 0 Å². The Labute approximate surface area is 112 Å². The van der Waals surface area contributed by atoms with Crippen LogP contribution in [0.3, 0.4) is 0 Å². The number of nitrogens with two attached hydrogens (primary N) is 1. The molecule has 0 amide bonds. The predicted octanol–water partition coefficient (Wildman–Crippen LogP) is 0.993. The minimum absolute atomic E-state index is 0.156.